The van der Waals surface area contributed by atoms with E-state index in [-0.39, 0.29) is 5.48 Å². The lowest BCUT2D eigenvalue weighted by molar-refractivity contribution is -0.159. The number of ether oxygens (including phenoxy) is 1. The minimum Gasteiger partial charge on any atom is -0.489 e. The smallest absolute Gasteiger partial charge is 0.414 e. The zero-order chi connectivity index (χ0) is 23.6. The summed E-state index contributed by atoms with van der Waals surface area (Å²) in [7, 11) is 2.28. The molecule has 4 rings (SSSR count). The number of carbonyl (C=O) groups is 2. The number of hydrogen-bond acceptors (Lipinski definition) is 4. The van der Waals surface area contributed by atoms with Gasteiger partial charge in [-0.05, 0) is 82.6 Å². The predicted octanol–water partition coefficient (Wildman–Crippen LogP) is 4.01. The van der Waals surface area contributed by atoms with Gasteiger partial charge >= 0.3 is 11.9 Å². The van der Waals surface area contributed by atoms with Crippen LogP contribution in [0.5, 0.6) is 5.75 Å². The Labute approximate surface area is 201 Å². The van der Waals surface area contributed by atoms with Gasteiger partial charge in [-0.2, -0.15) is 0 Å². The second-order valence-electron chi connectivity index (χ2n) is 9.12. The Morgan fingerprint density at radius 1 is 0.941 bits per heavy atom. The van der Waals surface area contributed by atoms with Crippen LogP contribution in [0.3, 0.4) is 0 Å². The van der Waals surface area contributed by atoms with Crippen LogP contribution in [0.15, 0.2) is 54.6 Å². The summed E-state index contributed by atoms with van der Waals surface area (Å²) in [5, 5.41) is 14.8. The summed E-state index contributed by atoms with van der Waals surface area (Å²) in [5.41, 5.74) is 2.92. The predicted molar refractivity (Wildman–Crippen MR) is 131 cm³/mol. The molecule has 1 aliphatic heterocycles. The molecule has 186 valence electrons. The monoisotopic (exact) mass is 471 g/mol. The number of aryl methyl sites for hydroxylation is 1. The van der Waals surface area contributed by atoms with Gasteiger partial charge in [-0.25, -0.2) is 9.59 Å². The maximum Gasteiger partial charge on any atom is 0.414 e. The third kappa shape index (κ3) is 8.15. The molecule has 1 fully saturated rings. The number of carboxylic acids is 2. The summed E-state index contributed by atoms with van der Waals surface area (Å²) < 4.78 is 6.25. The van der Waals surface area contributed by atoms with Crippen molar-refractivity contribution in [2.24, 2.45) is 5.92 Å². The molecular weight excluding hydrogens is 434 g/mol. The Balaban J connectivity index is 0.000000521. The number of hydrogen-bond donors (Lipinski definition) is 2. The van der Waals surface area contributed by atoms with Crippen LogP contribution in [-0.4, -0.2) is 58.8 Å². The zero-order valence-electron chi connectivity index (χ0n) is 19.9. The van der Waals surface area contributed by atoms with Crippen molar-refractivity contribution in [2.75, 3.05) is 20.1 Å². The zero-order valence-corrected chi connectivity index (χ0v) is 19.9. The number of carboxylic acid groups (broad SMARTS) is 2. The van der Waals surface area contributed by atoms with Crippen LogP contribution in [0.4, 0.5) is 0 Å². The molecule has 0 saturated heterocycles. The quantitative estimate of drug-likeness (QED) is 0.562. The van der Waals surface area contributed by atoms with E-state index in [1.165, 1.54) is 69.2 Å². The van der Waals surface area contributed by atoms with Gasteiger partial charge in [0.15, 0.2) is 0 Å². The number of rotatable bonds is 8. The van der Waals surface area contributed by atoms with E-state index >= 15 is 0 Å². The third-order valence-electron chi connectivity index (χ3n) is 6.68. The van der Waals surface area contributed by atoms with Gasteiger partial charge in [0.25, 0.3) is 0 Å². The highest BCUT2D eigenvalue weighted by Crippen LogP contribution is 2.47. The van der Waals surface area contributed by atoms with Gasteiger partial charge in [0.1, 0.15) is 11.9 Å². The Hall–Kier alpha value is -2.90. The van der Waals surface area contributed by atoms with Crippen molar-refractivity contribution in [3.63, 3.8) is 0 Å². The Kier molecular flexibility index (Phi) is 11.0. The molecule has 0 bridgehead atoms. The summed E-state index contributed by atoms with van der Waals surface area (Å²) in [6, 6.07) is 19.5. The van der Waals surface area contributed by atoms with Crippen molar-refractivity contribution in [3.8, 4) is 5.75 Å². The minimum absolute atomic E-state index is 0. The first kappa shape index (κ1) is 27.3. The van der Waals surface area contributed by atoms with E-state index in [1.54, 1.807) is 0 Å². The fourth-order valence-electron chi connectivity index (χ4n) is 4.98. The van der Waals surface area contributed by atoms with Gasteiger partial charge in [-0.15, -0.1) is 0 Å². The number of aliphatic carboxylic acids is 2. The second-order valence-corrected chi connectivity index (χ2v) is 9.12. The molecule has 2 aromatic carbocycles. The van der Waals surface area contributed by atoms with Gasteiger partial charge in [0.2, 0.25) is 0 Å². The first-order valence-electron chi connectivity index (χ1n) is 11.9. The summed E-state index contributed by atoms with van der Waals surface area (Å²) in [6.45, 7) is 2.42. The SMILES string of the molecule is CN(CCCc1ccccc1)CCCC1CC[C@@H]2c3ccccc3O[C@@H]2C1.O.O=C(O)C(=O)O. The average molecular weight is 472 g/mol. The molecule has 0 aromatic heterocycles. The second kappa shape index (κ2) is 13.7. The molecule has 1 heterocycles. The maximum atomic E-state index is 9.10. The molecule has 7 heteroatoms. The fourth-order valence-corrected chi connectivity index (χ4v) is 4.98. The van der Waals surface area contributed by atoms with Crippen molar-refractivity contribution >= 4 is 11.9 Å². The molecule has 34 heavy (non-hydrogen) atoms. The normalized spacial score (nSPS) is 20.1. The van der Waals surface area contributed by atoms with Crippen molar-refractivity contribution in [1.82, 2.24) is 4.90 Å². The number of nitrogens with zero attached hydrogens (tertiary/aromatic N) is 1. The molecule has 0 radical (unpaired) electrons. The van der Waals surface area contributed by atoms with Crippen LogP contribution in [0.2, 0.25) is 0 Å². The lowest BCUT2D eigenvalue weighted by Crippen LogP contribution is -2.29. The molecule has 3 atom stereocenters. The number of fused-ring (bicyclic) bond motifs is 3. The molecule has 1 saturated carbocycles. The van der Waals surface area contributed by atoms with Crippen LogP contribution < -0.4 is 4.74 Å². The lowest BCUT2D eigenvalue weighted by Gasteiger charge is -2.31. The first-order valence-corrected chi connectivity index (χ1v) is 11.9. The van der Waals surface area contributed by atoms with Crippen LogP contribution in [0.1, 0.15) is 55.6 Å². The summed E-state index contributed by atoms with van der Waals surface area (Å²) >= 11 is 0. The van der Waals surface area contributed by atoms with E-state index in [0.717, 1.165) is 11.7 Å². The van der Waals surface area contributed by atoms with Gasteiger partial charge in [-0.3, -0.25) is 0 Å². The highest BCUT2D eigenvalue weighted by Gasteiger charge is 2.38. The lowest BCUT2D eigenvalue weighted by atomic mass is 9.76. The van der Waals surface area contributed by atoms with Crippen LogP contribution in [0, 0.1) is 5.92 Å². The minimum atomic E-state index is -1.82. The van der Waals surface area contributed by atoms with Crippen molar-refractivity contribution in [1.29, 1.82) is 0 Å². The van der Waals surface area contributed by atoms with E-state index in [1.807, 2.05) is 0 Å². The molecule has 7 nitrogen and oxygen atoms in total. The van der Waals surface area contributed by atoms with Crippen LogP contribution >= 0.6 is 0 Å². The van der Waals surface area contributed by atoms with Crippen LogP contribution in [-0.2, 0) is 16.0 Å². The van der Waals surface area contributed by atoms with Gasteiger partial charge < -0.3 is 25.3 Å². The van der Waals surface area contributed by atoms with Crippen molar-refractivity contribution in [3.05, 3.63) is 65.7 Å². The first-order chi connectivity index (χ1) is 15.9. The van der Waals surface area contributed by atoms with Gasteiger partial charge in [-0.1, -0.05) is 48.5 Å². The molecule has 4 N–H and O–H groups in total. The molecule has 1 unspecified atom stereocenters. The third-order valence-corrected chi connectivity index (χ3v) is 6.68. The maximum absolute atomic E-state index is 9.10. The van der Waals surface area contributed by atoms with Gasteiger partial charge in [0, 0.05) is 11.5 Å². The van der Waals surface area contributed by atoms with E-state index in [4.69, 9.17) is 24.5 Å². The van der Waals surface area contributed by atoms with E-state index in [2.05, 4.69) is 66.5 Å². The van der Waals surface area contributed by atoms with Crippen molar-refractivity contribution < 1.29 is 30.0 Å². The van der Waals surface area contributed by atoms with Crippen molar-refractivity contribution in [2.45, 2.75) is 57.0 Å². The van der Waals surface area contributed by atoms with E-state index in [0.29, 0.717) is 12.0 Å². The molecule has 2 aliphatic rings. The molecule has 0 amide bonds. The average Bonchev–Trinajstić information content (AvgIpc) is 3.18. The van der Waals surface area contributed by atoms with Gasteiger partial charge in [0.05, 0.1) is 0 Å². The summed E-state index contributed by atoms with van der Waals surface area (Å²) in [6.07, 6.45) is 9.47. The summed E-state index contributed by atoms with van der Waals surface area (Å²) in [4.78, 5) is 20.7. The topological polar surface area (TPSA) is 119 Å². The van der Waals surface area contributed by atoms with E-state index in [9.17, 15) is 0 Å². The summed E-state index contributed by atoms with van der Waals surface area (Å²) in [5.74, 6) is -1.01. The number of benzene rings is 2. The highest BCUT2D eigenvalue weighted by molar-refractivity contribution is 6.27. The Bertz CT molecular complexity index is 891. The fraction of sp³-hybridized carbons (Fsp3) is 0.481. The molecule has 1 aliphatic carbocycles. The highest BCUT2D eigenvalue weighted by atomic mass is 16.5. The van der Waals surface area contributed by atoms with Crippen LogP contribution in [0.25, 0.3) is 0 Å². The standard InChI is InChI=1S/C25H33NO.C2H2O4.H2O/c1-26(17-7-11-20-9-3-2-4-10-20)18-8-12-21-15-16-23-22-13-5-6-14-24(22)27-25(23)19-21;3-1(4)2(5)6;/h2-6,9-10,13-14,21,23,25H,7-8,11-12,15-19H2,1H3;(H,3,4)(H,5,6);1H2/t21?,23-,25-;;/m1../s1. The Morgan fingerprint density at radius 2 is 1.59 bits per heavy atom. The Morgan fingerprint density at radius 3 is 2.29 bits per heavy atom. The molecule has 2 aromatic rings. The molecular formula is C27H37NO6. The van der Waals surface area contributed by atoms with E-state index < -0.39 is 11.9 Å². The number of para-hydroxylation sites is 1. The molecule has 0 spiro atoms. The largest absolute Gasteiger partial charge is 0.489 e.